The average molecular weight is 177 g/mol. The summed E-state index contributed by atoms with van der Waals surface area (Å²) in [7, 11) is 1.66. The Balaban J connectivity index is 3.33. The van der Waals surface area contributed by atoms with E-state index in [9.17, 15) is 4.79 Å². The molecule has 0 fully saturated rings. The Kier molecular flexibility index (Phi) is 2.71. The number of benzene rings is 1. The molecule has 2 heteroatoms. The smallest absolute Gasteiger partial charge is 0.251 e. The molecule has 0 aromatic heterocycles. The highest BCUT2D eigenvalue weighted by Gasteiger charge is 2.11. The Hall–Kier alpha value is -1.31. The molecule has 0 spiro atoms. The largest absolute Gasteiger partial charge is 0.355 e. The van der Waals surface area contributed by atoms with Gasteiger partial charge in [-0.05, 0) is 37.5 Å². The highest BCUT2D eigenvalue weighted by molar-refractivity contribution is 5.97. The lowest BCUT2D eigenvalue weighted by molar-refractivity contribution is 0.0962. The van der Waals surface area contributed by atoms with E-state index in [1.54, 1.807) is 7.05 Å². The van der Waals surface area contributed by atoms with Gasteiger partial charge >= 0.3 is 0 Å². The second kappa shape index (κ2) is 3.60. The first-order valence-electron chi connectivity index (χ1n) is 4.36. The monoisotopic (exact) mass is 177 g/mol. The zero-order valence-corrected chi connectivity index (χ0v) is 8.56. The summed E-state index contributed by atoms with van der Waals surface area (Å²) in [5.74, 6) is -0.00120. The van der Waals surface area contributed by atoms with Gasteiger partial charge in [-0.25, -0.2) is 0 Å². The van der Waals surface area contributed by atoms with Crippen molar-refractivity contribution in [2.45, 2.75) is 20.8 Å². The van der Waals surface area contributed by atoms with Crippen LogP contribution in [0, 0.1) is 20.8 Å². The van der Waals surface area contributed by atoms with Crippen LogP contribution in [0.4, 0.5) is 0 Å². The zero-order valence-electron chi connectivity index (χ0n) is 8.56. The van der Waals surface area contributed by atoms with Crippen LogP contribution < -0.4 is 5.32 Å². The molecule has 13 heavy (non-hydrogen) atoms. The van der Waals surface area contributed by atoms with Crippen LogP contribution in [0.2, 0.25) is 0 Å². The van der Waals surface area contributed by atoms with Gasteiger partial charge in [-0.1, -0.05) is 12.1 Å². The van der Waals surface area contributed by atoms with E-state index in [1.807, 2.05) is 32.9 Å². The lowest BCUT2D eigenvalue weighted by atomic mass is 9.98. The van der Waals surface area contributed by atoms with Crippen molar-refractivity contribution in [3.05, 3.63) is 34.4 Å². The van der Waals surface area contributed by atoms with Crippen LogP contribution in [-0.4, -0.2) is 13.0 Å². The van der Waals surface area contributed by atoms with Crippen molar-refractivity contribution in [1.82, 2.24) is 5.32 Å². The molecular formula is C11H15NO. The molecule has 70 valence electrons. The van der Waals surface area contributed by atoms with Crippen molar-refractivity contribution >= 4 is 5.91 Å². The van der Waals surface area contributed by atoms with Crippen molar-refractivity contribution in [1.29, 1.82) is 0 Å². The molecule has 0 aliphatic rings. The number of rotatable bonds is 1. The molecule has 0 radical (unpaired) electrons. The van der Waals surface area contributed by atoms with Gasteiger partial charge in [-0.15, -0.1) is 0 Å². The summed E-state index contributed by atoms with van der Waals surface area (Å²) in [6.45, 7) is 5.95. The first kappa shape index (κ1) is 9.78. The van der Waals surface area contributed by atoms with Crippen molar-refractivity contribution < 1.29 is 4.79 Å². The second-order valence-electron chi connectivity index (χ2n) is 3.28. The molecule has 0 aliphatic heterocycles. The van der Waals surface area contributed by atoms with E-state index in [0.717, 1.165) is 22.3 Å². The third-order valence-corrected chi connectivity index (χ3v) is 2.40. The van der Waals surface area contributed by atoms with E-state index < -0.39 is 0 Å². The second-order valence-corrected chi connectivity index (χ2v) is 3.28. The van der Waals surface area contributed by atoms with E-state index >= 15 is 0 Å². The molecule has 0 aliphatic carbocycles. The predicted octanol–water partition coefficient (Wildman–Crippen LogP) is 1.97. The molecule has 0 bridgehead atoms. The zero-order chi connectivity index (χ0) is 10.0. The van der Waals surface area contributed by atoms with Crippen molar-refractivity contribution in [3.63, 3.8) is 0 Å². The summed E-state index contributed by atoms with van der Waals surface area (Å²) < 4.78 is 0. The van der Waals surface area contributed by atoms with Gasteiger partial charge in [0.2, 0.25) is 0 Å². The van der Waals surface area contributed by atoms with Gasteiger partial charge in [0.05, 0.1) is 0 Å². The topological polar surface area (TPSA) is 29.1 Å². The van der Waals surface area contributed by atoms with Crippen molar-refractivity contribution in [3.8, 4) is 0 Å². The molecular weight excluding hydrogens is 162 g/mol. The maximum atomic E-state index is 11.5. The fourth-order valence-corrected chi connectivity index (χ4v) is 1.43. The molecule has 1 amide bonds. The molecule has 1 N–H and O–H groups in total. The van der Waals surface area contributed by atoms with Crippen LogP contribution in [0.1, 0.15) is 27.0 Å². The molecule has 1 aromatic rings. The van der Waals surface area contributed by atoms with Gasteiger partial charge in [-0.2, -0.15) is 0 Å². The van der Waals surface area contributed by atoms with Crippen LogP contribution in [0.25, 0.3) is 0 Å². The number of hydrogen-bond donors (Lipinski definition) is 1. The van der Waals surface area contributed by atoms with E-state index in [-0.39, 0.29) is 5.91 Å². The molecule has 0 heterocycles. The summed E-state index contributed by atoms with van der Waals surface area (Å²) in [5, 5.41) is 2.65. The number of nitrogens with one attached hydrogen (secondary N) is 1. The first-order valence-corrected chi connectivity index (χ1v) is 4.36. The summed E-state index contributed by atoms with van der Waals surface area (Å²) in [6, 6.07) is 4.02. The Morgan fingerprint density at radius 1 is 1.15 bits per heavy atom. The lowest BCUT2D eigenvalue weighted by Gasteiger charge is -2.10. The number of aryl methyl sites for hydroxylation is 2. The third kappa shape index (κ3) is 1.72. The fourth-order valence-electron chi connectivity index (χ4n) is 1.43. The Morgan fingerprint density at radius 3 is 2.23 bits per heavy atom. The minimum absolute atomic E-state index is 0.00120. The van der Waals surface area contributed by atoms with Gasteiger partial charge in [0.1, 0.15) is 0 Å². The highest BCUT2D eigenvalue weighted by Crippen LogP contribution is 2.16. The van der Waals surface area contributed by atoms with E-state index in [0.29, 0.717) is 0 Å². The number of hydrogen-bond acceptors (Lipinski definition) is 1. The molecule has 1 aromatic carbocycles. The molecule has 2 nitrogen and oxygen atoms in total. The van der Waals surface area contributed by atoms with E-state index in [1.165, 1.54) is 0 Å². The SMILES string of the molecule is CNC(=O)c1c(C)ccc(C)c1C. The third-order valence-electron chi connectivity index (χ3n) is 2.40. The van der Waals surface area contributed by atoms with Crippen molar-refractivity contribution in [2.24, 2.45) is 0 Å². The van der Waals surface area contributed by atoms with Gasteiger partial charge in [0, 0.05) is 12.6 Å². The van der Waals surface area contributed by atoms with Gasteiger partial charge < -0.3 is 5.32 Å². The molecule has 0 saturated carbocycles. The average Bonchev–Trinajstić information content (AvgIpc) is 2.12. The summed E-state index contributed by atoms with van der Waals surface area (Å²) >= 11 is 0. The molecule has 0 atom stereocenters. The van der Waals surface area contributed by atoms with E-state index in [4.69, 9.17) is 0 Å². The molecule has 0 saturated heterocycles. The maximum Gasteiger partial charge on any atom is 0.251 e. The van der Waals surface area contributed by atoms with Gasteiger partial charge in [0.15, 0.2) is 0 Å². The number of carbonyl (C=O) groups is 1. The fraction of sp³-hybridized carbons (Fsp3) is 0.364. The minimum atomic E-state index is -0.00120. The summed E-state index contributed by atoms with van der Waals surface area (Å²) in [5.41, 5.74) is 4.06. The minimum Gasteiger partial charge on any atom is -0.355 e. The van der Waals surface area contributed by atoms with Gasteiger partial charge in [0.25, 0.3) is 5.91 Å². The summed E-state index contributed by atoms with van der Waals surface area (Å²) in [4.78, 5) is 11.5. The first-order chi connectivity index (χ1) is 6.07. The number of amides is 1. The molecule has 0 unspecified atom stereocenters. The quantitative estimate of drug-likeness (QED) is 0.698. The van der Waals surface area contributed by atoms with Gasteiger partial charge in [-0.3, -0.25) is 4.79 Å². The maximum absolute atomic E-state index is 11.5. The number of carbonyl (C=O) groups excluding carboxylic acids is 1. The van der Waals surface area contributed by atoms with Crippen LogP contribution in [-0.2, 0) is 0 Å². The van der Waals surface area contributed by atoms with Crippen LogP contribution >= 0.6 is 0 Å². The van der Waals surface area contributed by atoms with Crippen molar-refractivity contribution in [2.75, 3.05) is 7.05 Å². The van der Waals surface area contributed by atoms with Crippen LogP contribution in [0.5, 0.6) is 0 Å². The lowest BCUT2D eigenvalue weighted by Crippen LogP contribution is -2.20. The molecule has 1 rings (SSSR count). The standard InChI is InChI=1S/C11H15NO/c1-7-5-6-8(2)10(9(7)3)11(13)12-4/h5-6H,1-4H3,(H,12,13). The Bertz CT molecular complexity index is 342. The Morgan fingerprint density at radius 2 is 1.69 bits per heavy atom. The Labute approximate surface area is 79.0 Å². The van der Waals surface area contributed by atoms with E-state index in [2.05, 4.69) is 5.32 Å². The predicted molar refractivity (Wildman–Crippen MR) is 54.0 cm³/mol. The summed E-state index contributed by atoms with van der Waals surface area (Å²) in [6.07, 6.45) is 0. The van der Waals surface area contributed by atoms with Crippen LogP contribution in [0.15, 0.2) is 12.1 Å². The normalized spacial score (nSPS) is 9.85. The van der Waals surface area contributed by atoms with Crippen LogP contribution in [0.3, 0.4) is 0 Å². The highest BCUT2D eigenvalue weighted by atomic mass is 16.1.